The van der Waals surface area contributed by atoms with E-state index in [4.69, 9.17) is 4.74 Å². The number of benzene rings is 1. The molecule has 0 bridgehead atoms. The lowest BCUT2D eigenvalue weighted by atomic mass is 10.1. The van der Waals surface area contributed by atoms with Gasteiger partial charge < -0.3 is 14.7 Å². The molecule has 0 heterocycles. The van der Waals surface area contributed by atoms with Crippen LogP contribution in [0, 0.1) is 0 Å². The highest BCUT2D eigenvalue weighted by Crippen LogP contribution is 2.14. The summed E-state index contributed by atoms with van der Waals surface area (Å²) in [6, 6.07) is 8.25. The number of aliphatic hydroxyl groups is 1. The molecule has 0 amide bonds. The zero-order valence-corrected chi connectivity index (χ0v) is 12.8. The summed E-state index contributed by atoms with van der Waals surface area (Å²) < 4.78 is 5.62. The van der Waals surface area contributed by atoms with Crippen molar-refractivity contribution in [3.63, 3.8) is 0 Å². The zero-order chi connectivity index (χ0) is 14.5. The van der Waals surface area contributed by atoms with E-state index < -0.39 is 5.60 Å². The van der Waals surface area contributed by atoms with Gasteiger partial charge in [-0.05, 0) is 58.9 Å². The normalized spacial score (nSPS) is 12.2. The Balaban J connectivity index is 2.41. The van der Waals surface area contributed by atoms with Crippen LogP contribution in [-0.4, -0.2) is 41.8 Å². The third-order valence-electron chi connectivity index (χ3n) is 2.73. The van der Waals surface area contributed by atoms with Gasteiger partial charge in [-0.1, -0.05) is 12.1 Å². The summed E-state index contributed by atoms with van der Waals surface area (Å²) in [4.78, 5) is 2.15. The molecule has 3 heteroatoms. The van der Waals surface area contributed by atoms with Gasteiger partial charge >= 0.3 is 0 Å². The van der Waals surface area contributed by atoms with Crippen molar-refractivity contribution in [1.82, 2.24) is 4.90 Å². The Morgan fingerprint density at radius 2 is 1.79 bits per heavy atom. The summed E-state index contributed by atoms with van der Waals surface area (Å²) in [5.74, 6) is 0.920. The molecule has 0 aromatic heterocycles. The van der Waals surface area contributed by atoms with Crippen molar-refractivity contribution in [2.24, 2.45) is 0 Å². The van der Waals surface area contributed by atoms with Crippen molar-refractivity contribution in [3.05, 3.63) is 29.8 Å². The van der Waals surface area contributed by atoms with Gasteiger partial charge in [-0.25, -0.2) is 0 Å². The summed E-state index contributed by atoms with van der Waals surface area (Å²) >= 11 is 0. The van der Waals surface area contributed by atoms with Gasteiger partial charge in [0.2, 0.25) is 0 Å². The number of hydrogen-bond donors (Lipinski definition) is 1. The van der Waals surface area contributed by atoms with Crippen LogP contribution >= 0.6 is 0 Å². The molecule has 0 saturated carbocycles. The smallest absolute Gasteiger partial charge is 0.119 e. The van der Waals surface area contributed by atoms with E-state index in [1.807, 2.05) is 46.9 Å². The average molecular weight is 265 g/mol. The molecule has 0 radical (unpaired) electrons. The first-order valence-corrected chi connectivity index (χ1v) is 6.93. The van der Waals surface area contributed by atoms with Crippen LogP contribution in [0.5, 0.6) is 5.75 Å². The molecule has 0 aliphatic heterocycles. The number of rotatable bonds is 7. The van der Waals surface area contributed by atoms with Crippen molar-refractivity contribution < 1.29 is 9.84 Å². The largest absolute Gasteiger partial charge is 0.491 e. The first-order valence-electron chi connectivity index (χ1n) is 6.93. The number of hydrogen-bond acceptors (Lipinski definition) is 3. The topological polar surface area (TPSA) is 32.7 Å². The second-order valence-corrected chi connectivity index (χ2v) is 6.11. The van der Waals surface area contributed by atoms with Gasteiger partial charge in [0.15, 0.2) is 0 Å². The summed E-state index contributed by atoms with van der Waals surface area (Å²) in [6.45, 7) is 9.35. The molecular weight excluding hydrogens is 238 g/mol. The van der Waals surface area contributed by atoms with E-state index in [2.05, 4.69) is 17.0 Å². The Bertz CT molecular complexity index is 365. The molecule has 0 aliphatic rings. The maximum atomic E-state index is 9.75. The van der Waals surface area contributed by atoms with Crippen molar-refractivity contribution in [2.45, 2.75) is 45.8 Å². The minimum Gasteiger partial charge on any atom is -0.491 e. The molecule has 0 saturated heterocycles. The Labute approximate surface area is 117 Å². The van der Waals surface area contributed by atoms with Crippen molar-refractivity contribution in [3.8, 4) is 5.75 Å². The van der Waals surface area contributed by atoms with Crippen LogP contribution in [0.4, 0.5) is 0 Å². The van der Waals surface area contributed by atoms with E-state index in [0.717, 1.165) is 18.7 Å². The first kappa shape index (κ1) is 16.0. The highest BCUT2D eigenvalue weighted by atomic mass is 16.5. The molecule has 0 spiro atoms. The third-order valence-corrected chi connectivity index (χ3v) is 2.73. The Kier molecular flexibility index (Phi) is 5.83. The third kappa shape index (κ3) is 7.19. The molecule has 1 aromatic carbocycles. The van der Waals surface area contributed by atoms with Crippen LogP contribution in [0.2, 0.25) is 0 Å². The average Bonchev–Trinajstić information content (AvgIpc) is 2.25. The number of likely N-dealkylation sites (N-methyl/N-ethyl adjacent to an activating group) is 1. The predicted molar refractivity (Wildman–Crippen MR) is 79.7 cm³/mol. The van der Waals surface area contributed by atoms with Crippen molar-refractivity contribution >= 4 is 0 Å². The fraction of sp³-hybridized carbons (Fsp3) is 0.625. The van der Waals surface area contributed by atoms with Gasteiger partial charge in [0.05, 0.1) is 11.7 Å². The molecule has 1 N–H and O–H groups in total. The second kappa shape index (κ2) is 6.92. The molecular formula is C16H27NO2. The molecule has 0 aliphatic carbocycles. The molecule has 0 fully saturated rings. The summed E-state index contributed by atoms with van der Waals surface area (Å²) in [7, 11) is 2.04. The Morgan fingerprint density at radius 1 is 1.21 bits per heavy atom. The van der Waals surface area contributed by atoms with E-state index in [1.165, 1.54) is 5.56 Å². The minimum absolute atomic E-state index is 0.212. The van der Waals surface area contributed by atoms with E-state index in [9.17, 15) is 5.11 Å². The lowest BCUT2D eigenvalue weighted by molar-refractivity contribution is 0.0450. The summed E-state index contributed by atoms with van der Waals surface area (Å²) in [5.41, 5.74) is 0.655. The van der Waals surface area contributed by atoms with Crippen LogP contribution in [0.15, 0.2) is 24.3 Å². The van der Waals surface area contributed by atoms with Crippen LogP contribution < -0.4 is 4.74 Å². The van der Waals surface area contributed by atoms with Gasteiger partial charge in [-0.15, -0.1) is 0 Å². The van der Waals surface area contributed by atoms with E-state index in [-0.39, 0.29) is 6.10 Å². The molecule has 0 atom stereocenters. The number of ether oxygens (including phenoxy) is 1. The van der Waals surface area contributed by atoms with Crippen LogP contribution in [-0.2, 0) is 6.42 Å². The molecule has 0 unspecified atom stereocenters. The minimum atomic E-state index is -0.635. The second-order valence-electron chi connectivity index (χ2n) is 6.11. The Hall–Kier alpha value is -1.06. The van der Waals surface area contributed by atoms with Gasteiger partial charge in [-0.2, -0.15) is 0 Å². The molecule has 1 rings (SSSR count). The van der Waals surface area contributed by atoms with Crippen molar-refractivity contribution in [1.29, 1.82) is 0 Å². The lowest BCUT2D eigenvalue weighted by Gasteiger charge is -2.25. The standard InChI is InChI=1S/C16H27NO2/c1-13(2)19-15-8-6-14(7-9-15)10-11-17(5)12-16(3,4)18/h6-9,13,18H,10-12H2,1-5H3. The number of nitrogens with zero attached hydrogens (tertiary/aromatic N) is 1. The van der Waals surface area contributed by atoms with Gasteiger partial charge in [0.25, 0.3) is 0 Å². The van der Waals surface area contributed by atoms with Crippen LogP contribution in [0.3, 0.4) is 0 Å². The summed E-state index contributed by atoms with van der Waals surface area (Å²) in [6.07, 6.45) is 1.19. The fourth-order valence-corrected chi connectivity index (χ4v) is 2.07. The van der Waals surface area contributed by atoms with E-state index >= 15 is 0 Å². The zero-order valence-electron chi connectivity index (χ0n) is 12.8. The highest BCUT2D eigenvalue weighted by molar-refractivity contribution is 5.27. The maximum Gasteiger partial charge on any atom is 0.119 e. The molecule has 3 nitrogen and oxygen atoms in total. The highest BCUT2D eigenvalue weighted by Gasteiger charge is 2.15. The molecule has 19 heavy (non-hydrogen) atoms. The predicted octanol–water partition coefficient (Wildman–Crippen LogP) is 2.72. The Morgan fingerprint density at radius 3 is 2.26 bits per heavy atom. The summed E-state index contributed by atoms with van der Waals surface area (Å²) in [5, 5.41) is 9.75. The SMILES string of the molecule is CC(C)Oc1ccc(CCN(C)CC(C)(C)O)cc1. The lowest BCUT2D eigenvalue weighted by Crippen LogP contribution is -2.37. The quantitative estimate of drug-likeness (QED) is 0.823. The van der Waals surface area contributed by atoms with Gasteiger partial charge in [0.1, 0.15) is 5.75 Å². The first-order chi connectivity index (χ1) is 8.76. The maximum absolute atomic E-state index is 9.75. The molecule has 108 valence electrons. The fourth-order valence-electron chi connectivity index (χ4n) is 2.07. The van der Waals surface area contributed by atoms with E-state index in [1.54, 1.807) is 0 Å². The van der Waals surface area contributed by atoms with Crippen LogP contribution in [0.1, 0.15) is 33.3 Å². The van der Waals surface area contributed by atoms with Gasteiger partial charge in [0, 0.05) is 13.1 Å². The van der Waals surface area contributed by atoms with Crippen LogP contribution in [0.25, 0.3) is 0 Å². The van der Waals surface area contributed by atoms with Crippen molar-refractivity contribution in [2.75, 3.05) is 20.1 Å². The van der Waals surface area contributed by atoms with E-state index in [0.29, 0.717) is 6.54 Å². The van der Waals surface area contributed by atoms with Gasteiger partial charge in [-0.3, -0.25) is 0 Å². The monoisotopic (exact) mass is 265 g/mol. The molecule has 1 aromatic rings.